The number of alkyl halides is 1. The number of nitrogens with one attached hydrogen (secondary N) is 2. The van der Waals surface area contributed by atoms with Crippen molar-refractivity contribution < 1.29 is 9.50 Å². The van der Waals surface area contributed by atoms with E-state index >= 15 is 0 Å². The molecule has 0 aliphatic carbocycles. The molecule has 0 saturated heterocycles. The number of aromatic nitrogens is 1. The minimum atomic E-state index is -0.699. The summed E-state index contributed by atoms with van der Waals surface area (Å²) in [7, 11) is 0. The van der Waals surface area contributed by atoms with Crippen LogP contribution in [0.1, 0.15) is 5.56 Å². The van der Waals surface area contributed by atoms with E-state index in [4.69, 9.17) is 0 Å². The number of rotatable bonds is 5. The first-order chi connectivity index (χ1) is 7.81. The van der Waals surface area contributed by atoms with Crippen molar-refractivity contribution in [3.8, 4) is 0 Å². The Labute approximate surface area is 93.3 Å². The number of fused-ring (bicyclic) bond motifs is 1. The standard InChI is InChI=1S/C12H15FN2O/c13-5-6-14-12(16)7-9-8-15-11-4-2-1-3-10(9)11/h1-4,8,12,14-16H,5-7H2. The van der Waals surface area contributed by atoms with Crippen molar-refractivity contribution in [2.24, 2.45) is 0 Å². The second-order valence-corrected chi connectivity index (χ2v) is 3.72. The molecule has 0 spiro atoms. The van der Waals surface area contributed by atoms with E-state index in [1.807, 2.05) is 30.5 Å². The van der Waals surface area contributed by atoms with Gasteiger partial charge in [-0.2, -0.15) is 0 Å². The van der Waals surface area contributed by atoms with E-state index in [0.717, 1.165) is 16.5 Å². The first-order valence-electron chi connectivity index (χ1n) is 5.33. The molecule has 0 saturated carbocycles. The zero-order valence-corrected chi connectivity index (χ0v) is 8.91. The Bertz CT molecular complexity index is 455. The van der Waals surface area contributed by atoms with E-state index in [0.29, 0.717) is 6.42 Å². The van der Waals surface area contributed by atoms with Gasteiger partial charge in [-0.25, -0.2) is 4.39 Å². The van der Waals surface area contributed by atoms with Crippen LogP contribution in [-0.2, 0) is 6.42 Å². The highest BCUT2D eigenvalue weighted by molar-refractivity contribution is 5.83. The molecule has 86 valence electrons. The molecule has 0 aliphatic heterocycles. The van der Waals surface area contributed by atoms with E-state index in [1.165, 1.54) is 0 Å². The maximum Gasteiger partial charge on any atom is 0.109 e. The molecule has 0 bridgehead atoms. The normalized spacial score (nSPS) is 13.1. The van der Waals surface area contributed by atoms with Crippen LogP contribution < -0.4 is 5.32 Å². The van der Waals surface area contributed by atoms with E-state index in [-0.39, 0.29) is 6.54 Å². The van der Waals surface area contributed by atoms with Crippen molar-refractivity contribution in [3.05, 3.63) is 36.0 Å². The van der Waals surface area contributed by atoms with Gasteiger partial charge >= 0.3 is 0 Å². The van der Waals surface area contributed by atoms with Crippen molar-refractivity contribution >= 4 is 10.9 Å². The molecule has 0 aliphatic rings. The average Bonchev–Trinajstić information content (AvgIpc) is 2.70. The minimum absolute atomic E-state index is 0.184. The first-order valence-corrected chi connectivity index (χ1v) is 5.33. The average molecular weight is 222 g/mol. The Morgan fingerprint density at radius 3 is 3.00 bits per heavy atom. The largest absolute Gasteiger partial charge is 0.378 e. The van der Waals surface area contributed by atoms with Gasteiger partial charge in [-0.3, -0.25) is 5.32 Å². The van der Waals surface area contributed by atoms with Gasteiger partial charge in [0.2, 0.25) is 0 Å². The molecule has 1 aromatic carbocycles. The number of aromatic amines is 1. The summed E-state index contributed by atoms with van der Waals surface area (Å²) in [4.78, 5) is 3.14. The summed E-state index contributed by atoms with van der Waals surface area (Å²) in [6.07, 6.45) is 1.66. The molecule has 0 amide bonds. The number of aliphatic hydroxyl groups is 1. The molecule has 16 heavy (non-hydrogen) atoms. The zero-order chi connectivity index (χ0) is 11.4. The van der Waals surface area contributed by atoms with Crippen LogP contribution in [-0.4, -0.2) is 29.5 Å². The molecule has 1 aromatic heterocycles. The molecule has 4 heteroatoms. The summed E-state index contributed by atoms with van der Waals surface area (Å²) in [6.45, 7) is -0.283. The summed E-state index contributed by atoms with van der Waals surface area (Å²) >= 11 is 0. The zero-order valence-electron chi connectivity index (χ0n) is 8.91. The SMILES string of the molecule is OC(Cc1c[nH]c2ccccc12)NCCF. The third-order valence-electron chi connectivity index (χ3n) is 2.56. The van der Waals surface area contributed by atoms with E-state index < -0.39 is 12.9 Å². The highest BCUT2D eigenvalue weighted by atomic mass is 19.1. The van der Waals surface area contributed by atoms with E-state index in [2.05, 4.69) is 10.3 Å². The van der Waals surface area contributed by atoms with Crippen LogP contribution in [0.3, 0.4) is 0 Å². The number of H-pyrrole nitrogens is 1. The van der Waals surface area contributed by atoms with Crippen molar-refractivity contribution in [2.45, 2.75) is 12.6 Å². The number of halogens is 1. The maximum absolute atomic E-state index is 11.9. The Morgan fingerprint density at radius 1 is 1.38 bits per heavy atom. The van der Waals surface area contributed by atoms with Gasteiger partial charge in [0.05, 0.1) is 0 Å². The van der Waals surface area contributed by atoms with Crippen molar-refractivity contribution in [2.75, 3.05) is 13.2 Å². The van der Waals surface area contributed by atoms with Gasteiger partial charge < -0.3 is 10.1 Å². The fourth-order valence-electron chi connectivity index (χ4n) is 1.80. The predicted molar refractivity (Wildman–Crippen MR) is 62.0 cm³/mol. The quantitative estimate of drug-likeness (QED) is 0.673. The van der Waals surface area contributed by atoms with E-state index in [1.54, 1.807) is 0 Å². The van der Waals surface area contributed by atoms with Crippen LogP contribution in [0.4, 0.5) is 4.39 Å². The van der Waals surface area contributed by atoms with Gasteiger partial charge in [-0.1, -0.05) is 18.2 Å². The molecule has 3 nitrogen and oxygen atoms in total. The van der Waals surface area contributed by atoms with Gasteiger partial charge in [0.25, 0.3) is 0 Å². The molecule has 3 N–H and O–H groups in total. The molecule has 0 fully saturated rings. The molecular formula is C12H15FN2O. The third-order valence-corrected chi connectivity index (χ3v) is 2.56. The van der Waals surface area contributed by atoms with Crippen LogP contribution in [0, 0.1) is 0 Å². The van der Waals surface area contributed by atoms with E-state index in [9.17, 15) is 9.50 Å². The molecule has 2 rings (SSSR count). The second kappa shape index (κ2) is 5.09. The molecule has 1 unspecified atom stereocenters. The van der Waals surface area contributed by atoms with Crippen LogP contribution in [0.2, 0.25) is 0 Å². The molecule has 2 aromatic rings. The van der Waals surface area contributed by atoms with Gasteiger partial charge in [0, 0.05) is 30.1 Å². The summed E-state index contributed by atoms with van der Waals surface area (Å²) < 4.78 is 11.9. The first kappa shape index (κ1) is 11.1. The smallest absolute Gasteiger partial charge is 0.109 e. The summed E-state index contributed by atoms with van der Waals surface area (Å²) in [6, 6.07) is 7.91. The van der Waals surface area contributed by atoms with Crippen LogP contribution in [0.25, 0.3) is 10.9 Å². The Balaban J connectivity index is 2.09. The van der Waals surface area contributed by atoms with Crippen LogP contribution in [0.5, 0.6) is 0 Å². The molecule has 0 radical (unpaired) electrons. The molecule has 1 atom stereocenters. The summed E-state index contributed by atoms with van der Waals surface area (Å²) in [5.41, 5.74) is 2.09. The number of aliphatic hydroxyl groups excluding tert-OH is 1. The highest BCUT2D eigenvalue weighted by Crippen LogP contribution is 2.18. The van der Waals surface area contributed by atoms with Crippen molar-refractivity contribution in [1.82, 2.24) is 10.3 Å². The summed E-state index contributed by atoms with van der Waals surface area (Å²) in [5, 5.41) is 13.4. The lowest BCUT2D eigenvalue weighted by atomic mass is 10.1. The maximum atomic E-state index is 11.9. The number of para-hydroxylation sites is 1. The summed E-state index contributed by atoms with van der Waals surface area (Å²) in [5.74, 6) is 0. The third kappa shape index (κ3) is 2.40. The lowest BCUT2D eigenvalue weighted by molar-refractivity contribution is 0.135. The van der Waals surface area contributed by atoms with Gasteiger partial charge in [-0.15, -0.1) is 0 Å². The van der Waals surface area contributed by atoms with Crippen LogP contribution in [0.15, 0.2) is 30.5 Å². The van der Waals surface area contributed by atoms with Gasteiger partial charge in [0.15, 0.2) is 0 Å². The lowest BCUT2D eigenvalue weighted by Crippen LogP contribution is -2.32. The Morgan fingerprint density at radius 2 is 2.19 bits per heavy atom. The number of hydrogen-bond donors (Lipinski definition) is 3. The van der Waals surface area contributed by atoms with Crippen molar-refractivity contribution in [3.63, 3.8) is 0 Å². The van der Waals surface area contributed by atoms with Gasteiger partial charge in [0.1, 0.15) is 12.9 Å². The highest BCUT2D eigenvalue weighted by Gasteiger charge is 2.08. The van der Waals surface area contributed by atoms with Gasteiger partial charge in [-0.05, 0) is 11.6 Å². The molecular weight excluding hydrogens is 207 g/mol. The molecule has 1 heterocycles. The Kier molecular flexibility index (Phi) is 3.54. The number of benzene rings is 1. The Hall–Kier alpha value is -1.39. The fraction of sp³-hybridized carbons (Fsp3) is 0.333. The van der Waals surface area contributed by atoms with Crippen molar-refractivity contribution in [1.29, 1.82) is 0 Å². The fourth-order valence-corrected chi connectivity index (χ4v) is 1.80. The topological polar surface area (TPSA) is 48.0 Å². The lowest BCUT2D eigenvalue weighted by Gasteiger charge is -2.10. The monoisotopic (exact) mass is 222 g/mol. The number of hydrogen-bond acceptors (Lipinski definition) is 2. The predicted octanol–water partition coefficient (Wildman–Crippen LogP) is 1.59. The second-order valence-electron chi connectivity index (χ2n) is 3.72. The van der Waals surface area contributed by atoms with Crippen LogP contribution >= 0.6 is 0 Å². The minimum Gasteiger partial charge on any atom is -0.378 e.